The van der Waals surface area contributed by atoms with Crippen molar-refractivity contribution < 1.29 is 27.4 Å². The van der Waals surface area contributed by atoms with Gasteiger partial charge >= 0.3 is 0 Å². The highest BCUT2D eigenvalue weighted by molar-refractivity contribution is 7.92. The second-order valence-electron chi connectivity index (χ2n) is 9.36. The normalized spacial score (nSPS) is 11.4. The molecule has 5 rings (SSSR count). The number of imidazole rings is 1. The number of halogens is 1. The maximum absolute atomic E-state index is 15.5. The van der Waals surface area contributed by atoms with Gasteiger partial charge in [-0.25, -0.2) is 22.8 Å². The Labute approximate surface area is 249 Å². The SMILES string of the molecule is CCCS(=O)(=O)Nc1cccc(-c2cc(OC)c3nc(-n4c(CO)nc5ccccc54)nc(N)c3c2)c1F.CCOCC. The molecule has 0 fully saturated rings. The number of nitrogen functional groups attached to an aromatic ring is 1. The number of hydrogen-bond acceptors (Lipinski definition) is 9. The molecule has 0 aliphatic rings. The molecule has 0 atom stereocenters. The van der Waals surface area contributed by atoms with Gasteiger partial charge in [-0.05, 0) is 56.2 Å². The van der Waals surface area contributed by atoms with Crippen molar-refractivity contribution in [2.45, 2.75) is 33.8 Å². The first-order chi connectivity index (χ1) is 20.7. The molecule has 13 heteroatoms. The van der Waals surface area contributed by atoms with E-state index in [1.165, 1.54) is 19.2 Å². The highest BCUT2D eigenvalue weighted by atomic mass is 32.2. The average molecular weight is 611 g/mol. The lowest BCUT2D eigenvalue weighted by Crippen LogP contribution is -2.17. The predicted molar refractivity (Wildman–Crippen MR) is 166 cm³/mol. The lowest BCUT2D eigenvalue weighted by Gasteiger charge is -2.15. The monoisotopic (exact) mass is 610 g/mol. The third-order valence-electron chi connectivity index (χ3n) is 6.43. The van der Waals surface area contributed by atoms with Crippen LogP contribution >= 0.6 is 0 Å². The van der Waals surface area contributed by atoms with Crippen molar-refractivity contribution in [2.75, 3.05) is 36.5 Å². The zero-order valence-corrected chi connectivity index (χ0v) is 25.3. The summed E-state index contributed by atoms with van der Waals surface area (Å²) in [7, 11) is -2.24. The Morgan fingerprint density at radius 1 is 1.02 bits per heavy atom. The minimum absolute atomic E-state index is 0.104. The summed E-state index contributed by atoms with van der Waals surface area (Å²) in [6, 6.07) is 15.0. The van der Waals surface area contributed by atoms with E-state index >= 15 is 4.39 Å². The molecule has 0 saturated heterocycles. The Balaban J connectivity index is 0.000000782. The van der Waals surface area contributed by atoms with Gasteiger partial charge in [-0.3, -0.25) is 9.29 Å². The van der Waals surface area contributed by atoms with E-state index in [9.17, 15) is 13.5 Å². The number of benzene rings is 3. The molecule has 3 aromatic carbocycles. The largest absolute Gasteiger partial charge is 0.494 e. The Kier molecular flexibility index (Phi) is 10.1. The number of methoxy groups -OCH3 is 1. The summed E-state index contributed by atoms with van der Waals surface area (Å²) in [4.78, 5) is 13.6. The van der Waals surface area contributed by atoms with Gasteiger partial charge in [0.2, 0.25) is 16.0 Å². The maximum Gasteiger partial charge on any atom is 0.238 e. The van der Waals surface area contributed by atoms with Crippen LogP contribution in [0.4, 0.5) is 15.9 Å². The average Bonchev–Trinajstić information content (AvgIpc) is 3.37. The number of nitrogens with zero attached hydrogens (tertiary/aromatic N) is 4. The molecule has 228 valence electrons. The summed E-state index contributed by atoms with van der Waals surface area (Å²) in [6.07, 6.45) is 0.397. The standard InChI is InChI=1S/C26H25FN6O4S.C4H10O/c1-3-11-38(35,36)32-19-9-6-7-16(23(19)27)15-12-17-24(21(13-15)37-2)30-26(31-25(17)28)33-20-10-5-4-8-18(20)29-22(33)14-34;1-3-5-4-2/h4-10,12-13,32,34H,3,11,14H2,1-2H3,(H2,28,30,31);3-4H2,1-2H3. The number of nitrogens with two attached hydrogens (primary N) is 1. The van der Waals surface area contributed by atoms with Gasteiger partial charge in [0.15, 0.2) is 5.82 Å². The number of ether oxygens (including phenoxy) is 2. The van der Waals surface area contributed by atoms with Crippen LogP contribution in [0.5, 0.6) is 5.75 Å². The molecule has 0 aliphatic heterocycles. The smallest absolute Gasteiger partial charge is 0.238 e. The fourth-order valence-electron chi connectivity index (χ4n) is 4.55. The quantitative estimate of drug-likeness (QED) is 0.197. The second-order valence-corrected chi connectivity index (χ2v) is 11.2. The number of nitrogens with one attached hydrogen (secondary N) is 1. The van der Waals surface area contributed by atoms with Gasteiger partial charge in [-0.15, -0.1) is 0 Å². The van der Waals surface area contributed by atoms with Crippen LogP contribution in [-0.2, 0) is 21.4 Å². The molecular weight excluding hydrogens is 575 g/mol. The number of anilines is 2. The Bertz CT molecular complexity index is 1840. The van der Waals surface area contributed by atoms with Crippen LogP contribution in [0, 0.1) is 5.82 Å². The van der Waals surface area contributed by atoms with Crippen molar-refractivity contribution >= 4 is 43.5 Å². The van der Waals surface area contributed by atoms with Crippen LogP contribution in [0.3, 0.4) is 0 Å². The number of aliphatic hydroxyl groups excluding tert-OH is 1. The molecular formula is C30H35FN6O5S. The van der Waals surface area contributed by atoms with Gasteiger partial charge in [-0.1, -0.05) is 31.2 Å². The zero-order chi connectivity index (χ0) is 31.1. The highest BCUT2D eigenvalue weighted by Crippen LogP contribution is 2.37. The van der Waals surface area contributed by atoms with E-state index in [1.807, 2.05) is 38.1 Å². The first-order valence-electron chi connectivity index (χ1n) is 13.8. The Morgan fingerprint density at radius 2 is 1.77 bits per heavy atom. The van der Waals surface area contributed by atoms with Crippen LogP contribution < -0.4 is 15.2 Å². The van der Waals surface area contributed by atoms with Crippen molar-refractivity contribution in [3.63, 3.8) is 0 Å². The van der Waals surface area contributed by atoms with Crippen LogP contribution in [0.25, 0.3) is 39.0 Å². The van der Waals surface area contributed by atoms with Crippen molar-refractivity contribution in [3.05, 3.63) is 66.2 Å². The van der Waals surface area contributed by atoms with Gasteiger partial charge < -0.3 is 20.3 Å². The molecule has 2 heterocycles. The molecule has 0 bridgehead atoms. The number of para-hydroxylation sites is 2. The van der Waals surface area contributed by atoms with E-state index in [0.717, 1.165) is 13.2 Å². The van der Waals surface area contributed by atoms with Crippen molar-refractivity contribution in [2.24, 2.45) is 0 Å². The molecule has 11 nitrogen and oxygen atoms in total. The lowest BCUT2D eigenvalue weighted by molar-refractivity contribution is 0.162. The summed E-state index contributed by atoms with van der Waals surface area (Å²) < 4.78 is 54.3. The molecule has 0 unspecified atom stereocenters. The van der Waals surface area contributed by atoms with E-state index in [0.29, 0.717) is 45.5 Å². The van der Waals surface area contributed by atoms with E-state index < -0.39 is 15.8 Å². The van der Waals surface area contributed by atoms with Crippen LogP contribution in [0.2, 0.25) is 0 Å². The van der Waals surface area contributed by atoms with Gasteiger partial charge in [0.05, 0.1) is 29.6 Å². The fourth-order valence-corrected chi connectivity index (χ4v) is 5.68. The summed E-state index contributed by atoms with van der Waals surface area (Å²) >= 11 is 0. The molecule has 2 aromatic heterocycles. The first kappa shape index (κ1) is 31.6. The minimum Gasteiger partial charge on any atom is -0.494 e. The predicted octanol–water partition coefficient (Wildman–Crippen LogP) is 5.05. The number of aromatic nitrogens is 4. The van der Waals surface area contributed by atoms with Crippen molar-refractivity contribution in [3.8, 4) is 22.8 Å². The van der Waals surface area contributed by atoms with Crippen molar-refractivity contribution in [1.29, 1.82) is 0 Å². The van der Waals surface area contributed by atoms with Crippen LogP contribution in [0.1, 0.15) is 33.0 Å². The molecule has 5 aromatic rings. The van der Waals surface area contributed by atoms with E-state index in [1.54, 1.807) is 29.7 Å². The molecule has 0 aliphatic carbocycles. The van der Waals surface area contributed by atoms with Crippen LogP contribution in [0.15, 0.2) is 54.6 Å². The highest BCUT2D eigenvalue weighted by Gasteiger charge is 2.20. The maximum atomic E-state index is 15.5. The van der Waals surface area contributed by atoms with Crippen molar-refractivity contribution in [1.82, 2.24) is 19.5 Å². The fraction of sp³-hybridized carbons (Fsp3) is 0.300. The summed E-state index contributed by atoms with van der Waals surface area (Å²) in [5, 5.41) is 10.3. The molecule has 4 N–H and O–H groups in total. The van der Waals surface area contributed by atoms with Gasteiger partial charge in [-0.2, -0.15) is 4.98 Å². The number of aliphatic hydroxyl groups is 1. The number of fused-ring (bicyclic) bond motifs is 2. The zero-order valence-electron chi connectivity index (χ0n) is 24.5. The van der Waals surface area contributed by atoms with E-state index in [4.69, 9.17) is 15.2 Å². The second kappa shape index (κ2) is 13.8. The molecule has 0 spiro atoms. The third kappa shape index (κ3) is 6.85. The van der Waals surface area contributed by atoms with Crippen LogP contribution in [-0.4, -0.2) is 59.1 Å². The molecule has 43 heavy (non-hydrogen) atoms. The topological polar surface area (TPSA) is 154 Å². The summed E-state index contributed by atoms with van der Waals surface area (Å²) in [5.41, 5.74) is 8.48. The number of hydrogen-bond donors (Lipinski definition) is 3. The van der Waals surface area contributed by atoms with Gasteiger partial charge in [0.1, 0.15) is 29.5 Å². The summed E-state index contributed by atoms with van der Waals surface area (Å²) in [5.74, 6) is 0.0802. The van der Waals surface area contributed by atoms with Gasteiger partial charge in [0.25, 0.3) is 0 Å². The molecule has 0 saturated carbocycles. The molecule has 0 amide bonds. The number of sulfonamides is 1. The minimum atomic E-state index is -3.69. The summed E-state index contributed by atoms with van der Waals surface area (Å²) in [6.45, 7) is 7.05. The third-order valence-corrected chi connectivity index (χ3v) is 7.91. The molecule has 0 radical (unpaired) electrons. The van der Waals surface area contributed by atoms with E-state index in [2.05, 4.69) is 19.7 Å². The first-order valence-corrected chi connectivity index (χ1v) is 15.4. The Morgan fingerprint density at radius 3 is 2.42 bits per heavy atom. The Hall–Kier alpha value is -4.33. The number of rotatable bonds is 10. The van der Waals surface area contributed by atoms with Gasteiger partial charge in [0, 0.05) is 24.2 Å². The lowest BCUT2D eigenvalue weighted by atomic mass is 10.0. The van der Waals surface area contributed by atoms with E-state index in [-0.39, 0.29) is 35.4 Å².